The highest BCUT2D eigenvalue weighted by Crippen LogP contribution is 2.19. The van der Waals surface area contributed by atoms with E-state index in [1.807, 2.05) is 18.2 Å². The second-order valence-corrected chi connectivity index (χ2v) is 5.74. The number of unbranched alkanes of at least 4 members (excludes halogenated alkanes) is 3. The zero-order valence-corrected chi connectivity index (χ0v) is 13.0. The third-order valence-corrected chi connectivity index (χ3v) is 3.96. The van der Waals surface area contributed by atoms with Crippen LogP contribution in [-0.2, 0) is 11.2 Å². The molecule has 0 radical (unpaired) electrons. The fraction of sp³-hybridized carbons (Fsp3) is 0.611. The van der Waals surface area contributed by atoms with Gasteiger partial charge in [0.05, 0.1) is 12.0 Å². The maximum atomic E-state index is 11.3. The minimum Gasteiger partial charge on any atom is -0.481 e. The standard InChI is InChI=1S/C18H28O3/c1-2-3-4-8-14-17(19)16(18(20)21)13-9-12-15-10-6-5-7-11-15/h5-7,10-11,16-17,19H,2-4,8-9,12-14H2,1H3,(H,20,21). The number of benzene rings is 1. The molecule has 2 atom stereocenters. The number of hydrogen-bond donors (Lipinski definition) is 2. The number of aryl methyl sites for hydroxylation is 1. The van der Waals surface area contributed by atoms with E-state index in [9.17, 15) is 15.0 Å². The molecule has 21 heavy (non-hydrogen) atoms. The van der Waals surface area contributed by atoms with Crippen LogP contribution in [0.3, 0.4) is 0 Å². The van der Waals surface area contributed by atoms with Crippen molar-refractivity contribution < 1.29 is 15.0 Å². The zero-order valence-electron chi connectivity index (χ0n) is 13.0. The minimum absolute atomic E-state index is 0.541. The molecule has 0 spiro atoms. The maximum Gasteiger partial charge on any atom is 0.309 e. The SMILES string of the molecule is CCCCCCC(O)C(CCCc1ccccc1)C(=O)O. The molecule has 3 heteroatoms. The van der Waals surface area contributed by atoms with Gasteiger partial charge in [0.25, 0.3) is 0 Å². The summed E-state index contributed by atoms with van der Waals surface area (Å²) in [6.07, 6.45) is 6.38. The highest BCUT2D eigenvalue weighted by atomic mass is 16.4. The van der Waals surface area contributed by atoms with E-state index in [2.05, 4.69) is 19.1 Å². The molecule has 2 N–H and O–H groups in total. The van der Waals surface area contributed by atoms with Crippen LogP contribution in [0.1, 0.15) is 57.4 Å². The highest BCUT2D eigenvalue weighted by molar-refractivity contribution is 5.70. The number of aliphatic hydroxyl groups excluding tert-OH is 1. The van der Waals surface area contributed by atoms with E-state index in [0.29, 0.717) is 12.8 Å². The van der Waals surface area contributed by atoms with Crippen molar-refractivity contribution in [3.8, 4) is 0 Å². The average Bonchev–Trinajstić information content (AvgIpc) is 2.48. The van der Waals surface area contributed by atoms with Crippen LogP contribution in [-0.4, -0.2) is 22.3 Å². The van der Waals surface area contributed by atoms with E-state index >= 15 is 0 Å². The van der Waals surface area contributed by atoms with Crippen LogP contribution >= 0.6 is 0 Å². The van der Waals surface area contributed by atoms with Gasteiger partial charge in [-0.3, -0.25) is 4.79 Å². The van der Waals surface area contributed by atoms with Crippen LogP contribution in [0, 0.1) is 5.92 Å². The molecule has 0 aliphatic rings. The van der Waals surface area contributed by atoms with E-state index < -0.39 is 18.0 Å². The van der Waals surface area contributed by atoms with Gasteiger partial charge in [0.1, 0.15) is 0 Å². The molecule has 0 amide bonds. The molecule has 2 unspecified atom stereocenters. The number of aliphatic carboxylic acids is 1. The Morgan fingerprint density at radius 2 is 1.76 bits per heavy atom. The molecule has 1 aromatic carbocycles. The van der Waals surface area contributed by atoms with Gasteiger partial charge < -0.3 is 10.2 Å². The van der Waals surface area contributed by atoms with Crippen LogP contribution in [0.2, 0.25) is 0 Å². The summed E-state index contributed by atoms with van der Waals surface area (Å²) in [7, 11) is 0. The lowest BCUT2D eigenvalue weighted by atomic mass is 9.91. The second kappa shape index (κ2) is 10.4. The maximum absolute atomic E-state index is 11.3. The molecule has 3 nitrogen and oxygen atoms in total. The summed E-state index contributed by atoms with van der Waals surface area (Å²) in [4.78, 5) is 11.3. The van der Waals surface area contributed by atoms with Crippen molar-refractivity contribution in [2.45, 2.75) is 64.4 Å². The number of aliphatic hydroxyl groups is 1. The van der Waals surface area contributed by atoms with Crippen molar-refractivity contribution in [1.82, 2.24) is 0 Å². The Bertz CT molecular complexity index is 389. The van der Waals surface area contributed by atoms with Crippen molar-refractivity contribution in [1.29, 1.82) is 0 Å². The summed E-state index contributed by atoms with van der Waals surface area (Å²) in [5.74, 6) is -1.50. The highest BCUT2D eigenvalue weighted by Gasteiger charge is 2.25. The molecule has 118 valence electrons. The molecule has 1 aromatic rings. The molecule has 0 bridgehead atoms. The topological polar surface area (TPSA) is 57.5 Å². The summed E-state index contributed by atoms with van der Waals surface area (Å²) < 4.78 is 0. The van der Waals surface area contributed by atoms with E-state index in [1.165, 1.54) is 5.56 Å². The van der Waals surface area contributed by atoms with E-state index in [1.54, 1.807) is 0 Å². The van der Waals surface area contributed by atoms with Gasteiger partial charge in [-0.1, -0.05) is 62.9 Å². The van der Waals surface area contributed by atoms with Gasteiger partial charge in [0, 0.05) is 0 Å². The molecule has 0 heterocycles. The molecule has 0 aliphatic heterocycles. The minimum atomic E-state index is -0.869. The smallest absolute Gasteiger partial charge is 0.309 e. The van der Waals surface area contributed by atoms with Crippen LogP contribution < -0.4 is 0 Å². The predicted octanol–water partition coefficient (Wildman–Crippen LogP) is 4.04. The Morgan fingerprint density at radius 1 is 1.05 bits per heavy atom. The zero-order chi connectivity index (χ0) is 15.5. The molecule has 0 fully saturated rings. The van der Waals surface area contributed by atoms with Crippen molar-refractivity contribution >= 4 is 5.97 Å². The average molecular weight is 292 g/mol. The lowest BCUT2D eigenvalue weighted by molar-refractivity contribution is -0.146. The normalized spacial score (nSPS) is 13.8. The number of carboxylic acid groups (broad SMARTS) is 1. The first-order chi connectivity index (χ1) is 10.1. The Labute approximate surface area is 128 Å². The summed E-state index contributed by atoms with van der Waals surface area (Å²) in [5, 5.41) is 19.4. The first-order valence-corrected chi connectivity index (χ1v) is 8.10. The van der Waals surface area contributed by atoms with Crippen molar-refractivity contribution in [3.05, 3.63) is 35.9 Å². The lowest BCUT2D eigenvalue weighted by Crippen LogP contribution is -2.28. The summed E-state index contributed by atoms with van der Waals surface area (Å²) >= 11 is 0. The number of carboxylic acids is 1. The summed E-state index contributed by atoms with van der Waals surface area (Å²) in [6, 6.07) is 10.1. The van der Waals surface area contributed by atoms with E-state index in [0.717, 1.165) is 38.5 Å². The summed E-state index contributed by atoms with van der Waals surface area (Å²) in [5.41, 5.74) is 1.22. The van der Waals surface area contributed by atoms with E-state index in [-0.39, 0.29) is 0 Å². The third kappa shape index (κ3) is 7.28. The van der Waals surface area contributed by atoms with Gasteiger partial charge in [0.2, 0.25) is 0 Å². The first kappa shape index (κ1) is 17.7. The van der Waals surface area contributed by atoms with Crippen molar-refractivity contribution in [3.63, 3.8) is 0 Å². The van der Waals surface area contributed by atoms with Crippen molar-refractivity contribution in [2.24, 2.45) is 5.92 Å². The van der Waals surface area contributed by atoms with Crippen LogP contribution in [0.25, 0.3) is 0 Å². The first-order valence-electron chi connectivity index (χ1n) is 8.10. The van der Waals surface area contributed by atoms with Gasteiger partial charge in [-0.15, -0.1) is 0 Å². The molecule has 0 saturated carbocycles. The molecular formula is C18H28O3. The molecule has 0 aliphatic carbocycles. The Hall–Kier alpha value is -1.35. The Kier molecular flexibility index (Phi) is 8.76. The lowest BCUT2D eigenvalue weighted by Gasteiger charge is -2.19. The van der Waals surface area contributed by atoms with Crippen LogP contribution in [0.4, 0.5) is 0 Å². The van der Waals surface area contributed by atoms with Gasteiger partial charge in [-0.2, -0.15) is 0 Å². The van der Waals surface area contributed by atoms with Gasteiger partial charge in [-0.25, -0.2) is 0 Å². The van der Waals surface area contributed by atoms with Gasteiger partial charge in [-0.05, 0) is 31.2 Å². The number of carbonyl (C=O) groups is 1. The van der Waals surface area contributed by atoms with E-state index in [4.69, 9.17) is 0 Å². The molecule has 0 saturated heterocycles. The fourth-order valence-corrected chi connectivity index (χ4v) is 2.63. The molecule has 0 aromatic heterocycles. The summed E-state index contributed by atoms with van der Waals surface area (Å²) in [6.45, 7) is 2.14. The largest absolute Gasteiger partial charge is 0.481 e. The van der Waals surface area contributed by atoms with Gasteiger partial charge in [0.15, 0.2) is 0 Å². The number of hydrogen-bond acceptors (Lipinski definition) is 2. The predicted molar refractivity (Wildman–Crippen MR) is 85.3 cm³/mol. The third-order valence-electron chi connectivity index (χ3n) is 3.96. The van der Waals surface area contributed by atoms with Gasteiger partial charge >= 0.3 is 5.97 Å². The molecule has 1 rings (SSSR count). The molecular weight excluding hydrogens is 264 g/mol. The quantitative estimate of drug-likeness (QED) is 0.605. The Balaban J connectivity index is 2.33. The van der Waals surface area contributed by atoms with Crippen molar-refractivity contribution in [2.75, 3.05) is 0 Å². The number of rotatable bonds is 11. The Morgan fingerprint density at radius 3 is 2.38 bits per heavy atom. The van der Waals surface area contributed by atoms with Crippen LogP contribution in [0.15, 0.2) is 30.3 Å². The van der Waals surface area contributed by atoms with Crippen LogP contribution in [0.5, 0.6) is 0 Å². The monoisotopic (exact) mass is 292 g/mol. The second-order valence-electron chi connectivity index (χ2n) is 5.74. The fourth-order valence-electron chi connectivity index (χ4n) is 2.63.